The third-order valence-electron chi connectivity index (χ3n) is 2.76. The molecule has 5 nitrogen and oxygen atoms in total. The van der Waals surface area contributed by atoms with Crippen molar-refractivity contribution < 1.29 is 17.5 Å². The number of para-hydroxylation sites is 1. The van der Waals surface area contributed by atoms with Crippen molar-refractivity contribution >= 4 is 15.7 Å². The smallest absolute Gasteiger partial charge is 0.243 e. The highest BCUT2D eigenvalue weighted by atomic mass is 32.2. The van der Waals surface area contributed by atoms with E-state index in [1.165, 1.54) is 19.2 Å². The number of ether oxygens (including phenoxy) is 1. The molecular formula is C12H19FN2O3S. The Bertz CT molecular complexity index is 532. The zero-order chi connectivity index (χ0) is 14.6. The summed E-state index contributed by atoms with van der Waals surface area (Å²) >= 11 is 0. The van der Waals surface area contributed by atoms with E-state index in [1.54, 1.807) is 0 Å². The van der Waals surface area contributed by atoms with E-state index in [1.807, 2.05) is 13.8 Å². The first-order valence-electron chi connectivity index (χ1n) is 5.85. The lowest BCUT2D eigenvalue weighted by atomic mass is 10.1. The summed E-state index contributed by atoms with van der Waals surface area (Å²) in [5.41, 5.74) is 5.09. The summed E-state index contributed by atoms with van der Waals surface area (Å²) in [6.07, 6.45) is 0. The number of sulfonamides is 1. The molecule has 108 valence electrons. The maximum atomic E-state index is 13.3. The number of nitrogens with one attached hydrogen (secondary N) is 1. The zero-order valence-corrected chi connectivity index (χ0v) is 12.0. The van der Waals surface area contributed by atoms with E-state index >= 15 is 0 Å². The molecule has 19 heavy (non-hydrogen) atoms. The topological polar surface area (TPSA) is 81.4 Å². The van der Waals surface area contributed by atoms with Gasteiger partial charge in [0.1, 0.15) is 10.7 Å². The first-order valence-corrected chi connectivity index (χ1v) is 7.33. The molecule has 1 atom stereocenters. The number of benzene rings is 1. The minimum Gasteiger partial charge on any atom is -0.395 e. The number of halogens is 1. The molecule has 7 heteroatoms. The van der Waals surface area contributed by atoms with E-state index in [9.17, 15) is 12.8 Å². The van der Waals surface area contributed by atoms with Gasteiger partial charge in [0, 0.05) is 13.2 Å². The quantitative estimate of drug-likeness (QED) is 0.775. The zero-order valence-electron chi connectivity index (χ0n) is 11.2. The molecule has 1 rings (SSSR count). The Hall–Kier alpha value is -1.18. The SMILES string of the molecule is COCC(NS(=O)(=O)c1cccc(F)c1N)C(C)C. The van der Waals surface area contributed by atoms with Crippen LogP contribution in [0.4, 0.5) is 10.1 Å². The predicted octanol–water partition coefficient (Wildman–Crippen LogP) is 1.36. The van der Waals surface area contributed by atoms with Crippen molar-refractivity contribution in [2.75, 3.05) is 19.5 Å². The Kier molecular flexibility index (Phi) is 5.28. The Morgan fingerprint density at radius 3 is 2.58 bits per heavy atom. The first-order chi connectivity index (χ1) is 8.79. The minimum atomic E-state index is -3.87. The van der Waals surface area contributed by atoms with Crippen molar-refractivity contribution in [1.82, 2.24) is 4.72 Å². The molecule has 0 aliphatic rings. The average Bonchev–Trinajstić information content (AvgIpc) is 2.31. The van der Waals surface area contributed by atoms with E-state index in [0.717, 1.165) is 6.07 Å². The van der Waals surface area contributed by atoms with Gasteiger partial charge >= 0.3 is 0 Å². The Balaban J connectivity index is 3.07. The van der Waals surface area contributed by atoms with Gasteiger partial charge in [-0.25, -0.2) is 17.5 Å². The van der Waals surface area contributed by atoms with Crippen molar-refractivity contribution in [3.63, 3.8) is 0 Å². The van der Waals surface area contributed by atoms with Crippen LogP contribution < -0.4 is 10.5 Å². The number of nitrogen functional groups attached to an aromatic ring is 1. The fourth-order valence-corrected chi connectivity index (χ4v) is 3.07. The van der Waals surface area contributed by atoms with E-state index in [-0.39, 0.29) is 23.1 Å². The Morgan fingerprint density at radius 2 is 2.05 bits per heavy atom. The molecule has 1 aromatic rings. The van der Waals surface area contributed by atoms with Gasteiger partial charge in [-0.3, -0.25) is 0 Å². The van der Waals surface area contributed by atoms with Crippen LogP contribution in [0.3, 0.4) is 0 Å². The maximum absolute atomic E-state index is 13.3. The van der Waals surface area contributed by atoms with Crippen molar-refractivity contribution in [3.8, 4) is 0 Å². The van der Waals surface area contributed by atoms with Crippen LogP contribution in [0.25, 0.3) is 0 Å². The highest BCUT2D eigenvalue weighted by molar-refractivity contribution is 7.89. The lowest BCUT2D eigenvalue weighted by molar-refractivity contribution is 0.157. The fourth-order valence-electron chi connectivity index (χ4n) is 1.56. The maximum Gasteiger partial charge on any atom is 0.243 e. The molecule has 0 fully saturated rings. The van der Waals surface area contributed by atoms with Gasteiger partial charge in [-0.2, -0.15) is 0 Å². The second-order valence-electron chi connectivity index (χ2n) is 4.58. The minimum absolute atomic E-state index is 0.0320. The number of rotatable bonds is 6. The van der Waals surface area contributed by atoms with Crippen LogP contribution in [-0.4, -0.2) is 28.2 Å². The number of nitrogens with two attached hydrogens (primary N) is 1. The monoisotopic (exact) mass is 290 g/mol. The van der Waals surface area contributed by atoms with Crippen molar-refractivity contribution in [2.45, 2.75) is 24.8 Å². The largest absolute Gasteiger partial charge is 0.395 e. The molecule has 0 saturated carbocycles. The molecule has 0 radical (unpaired) electrons. The molecule has 0 bridgehead atoms. The van der Waals surface area contributed by atoms with Crippen LogP contribution in [0.1, 0.15) is 13.8 Å². The predicted molar refractivity (Wildman–Crippen MR) is 71.6 cm³/mol. The van der Waals surface area contributed by atoms with Crippen LogP contribution in [0.15, 0.2) is 23.1 Å². The van der Waals surface area contributed by atoms with E-state index in [0.29, 0.717) is 0 Å². The van der Waals surface area contributed by atoms with Crippen molar-refractivity contribution in [1.29, 1.82) is 0 Å². The molecule has 0 aliphatic carbocycles. The van der Waals surface area contributed by atoms with Crippen LogP contribution in [0, 0.1) is 11.7 Å². The van der Waals surface area contributed by atoms with Gasteiger partial charge in [0.25, 0.3) is 0 Å². The summed E-state index contributed by atoms with van der Waals surface area (Å²) in [6.45, 7) is 3.95. The molecule has 0 saturated heterocycles. The summed E-state index contributed by atoms with van der Waals surface area (Å²) < 4.78 is 45.1. The lowest BCUT2D eigenvalue weighted by Gasteiger charge is -2.21. The number of hydrogen-bond donors (Lipinski definition) is 2. The van der Waals surface area contributed by atoms with Crippen LogP contribution in [0.5, 0.6) is 0 Å². The molecule has 0 heterocycles. The normalized spacial score (nSPS) is 13.7. The van der Waals surface area contributed by atoms with E-state index < -0.39 is 21.9 Å². The third kappa shape index (κ3) is 3.89. The molecular weight excluding hydrogens is 271 g/mol. The first kappa shape index (κ1) is 15.9. The summed E-state index contributed by atoms with van der Waals surface area (Å²) in [6, 6.07) is 3.28. The summed E-state index contributed by atoms with van der Waals surface area (Å²) in [5, 5.41) is 0. The molecule has 0 amide bonds. The number of anilines is 1. The Labute approximate surface area is 113 Å². The van der Waals surface area contributed by atoms with Gasteiger partial charge in [0.05, 0.1) is 12.3 Å². The summed E-state index contributed by atoms with van der Waals surface area (Å²) in [7, 11) is -2.39. The summed E-state index contributed by atoms with van der Waals surface area (Å²) in [5.74, 6) is -0.722. The molecule has 1 unspecified atom stereocenters. The molecule has 3 N–H and O–H groups in total. The van der Waals surface area contributed by atoms with Gasteiger partial charge in [0.2, 0.25) is 10.0 Å². The van der Waals surface area contributed by atoms with Gasteiger partial charge in [-0.05, 0) is 18.1 Å². The summed E-state index contributed by atoms with van der Waals surface area (Å²) in [4.78, 5) is -0.255. The lowest BCUT2D eigenvalue weighted by Crippen LogP contribution is -2.41. The third-order valence-corrected chi connectivity index (χ3v) is 4.31. The molecule has 0 aromatic heterocycles. The van der Waals surface area contributed by atoms with Gasteiger partial charge < -0.3 is 10.5 Å². The van der Waals surface area contributed by atoms with Gasteiger partial charge in [-0.15, -0.1) is 0 Å². The highest BCUT2D eigenvalue weighted by Crippen LogP contribution is 2.21. The van der Waals surface area contributed by atoms with Crippen LogP contribution >= 0.6 is 0 Å². The fraction of sp³-hybridized carbons (Fsp3) is 0.500. The number of hydrogen-bond acceptors (Lipinski definition) is 4. The van der Waals surface area contributed by atoms with Crippen molar-refractivity contribution in [2.24, 2.45) is 5.92 Å². The molecule has 0 aliphatic heterocycles. The highest BCUT2D eigenvalue weighted by Gasteiger charge is 2.25. The van der Waals surface area contributed by atoms with Crippen molar-refractivity contribution in [3.05, 3.63) is 24.0 Å². The van der Waals surface area contributed by atoms with Crippen LogP contribution in [-0.2, 0) is 14.8 Å². The standard InChI is InChI=1S/C12H19FN2O3S/c1-8(2)10(7-18-3)15-19(16,17)11-6-4-5-9(13)12(11)14/h4-6,8,10,15H,7,14H2,1-3H3. The van der Waals surface area contributed by atoms with E-state index in [4.69, 9.17) is 10.5 Å². The van der Waals surface area contributed by atoms with Gasteiger partial charge in [0.15, 0.2) is 0 Å². The van der Waals surface area contributed by atoms with Crippen LogP contribution in [0.2, 0.25) is 0 Å². The average molecular weight is 290 g/mol. The Morgan fingerprint density at radius 1 is 1.42 bits per heavy atom. The second-order valence-corrected chi connectivity index (χ2v) is 6.26. The number of methoxy groups -OCH3 is 1. The van der Waals surface area contributed by atoms with E-state index in [2.05, 4.69) is 4.72 Å². The van der Waals surface area contributed by atoms with Gasteiger partial charge in [-0.1, -0.05) is 19.9 Å². The molecule has 1 aromatic carbocycles. The second kappa shape index (κ2) is 6.31. The molecule has 0 spiro atoms.